The smallest absolute Gasteiger partial charge is 0.182 e. The molecule has 0 spiro atoms. The third-order valence-corrected chi connectivity index (χ3v) is 3.06. The molecule has 3 heteroatoms. The van der Waals surface area contributed by atoms with Crippen LogP contribution >= 0.6 is 0 Å². The van der Waals surface area contributed by atoms with E-state index in [1.54, 1.807) is 12.1 Å². The van der Waals surface area contributed by atoms with Crippen molar-refractivity contribution in [3.05, 3.63) is 35.9 Å². The van der Waals surface area contributed by atoms with Gasteiger partial charge in [-0.3, -0.25) is 4.79 Å². The second-order valence-electron chi connectivity index (χ2n) is 7.01. The second-order valence-corrected chi connectivity index (χ2v) is 7.01. The molecule has 0 saturated heterocycles. The fourth-order valence-electron chi connectivity index (χ4n) is 2.02. The van der Waals surface area contributed by atoms with E-state index in [-0.39, 0.29) is 11.2 Å². The molecule has 1 rings (SSSR count). The van der Waals surface area contributed by atoms with E-state index in [0.29, 0.717) is 5.56 Å². The minimum Gasteiger partial charge on any atom is -0.313 e. The average Bonchev–Trinajstić information content (AvgIpc) is 2.27. The predicted molar refractivity (Wildman–Crippen MR) is 77.4 cm³/mol. The lowest BCUT2D eigenvalue weighted by molar-refractivity contribution is -0.194. The molecule has 3 nitrogen and oxygen atoms in total. The average molecular weight is 263 g/mol. The first-order valence-electron chi connectivity index (χ1n) is 6.62. The first-order chi connectivity index (χ1) is 8.55. The van der Waals surface area contributed by atoms with Gasteiger partial charge in [0.2, 0.25) is 0 Å². The summed E-state index contributed by atoms with van der Waals surface area (Å²) in [7, 11) is 0. The monoisotopic (exact) mass is 263 g/mol. The van der Waals surface area contributed by atoms with Crippen molar-refractivity contribution < 1.29 is 10.0 Å². The summed E-state index contributed by atoms with van der Waals surface area (Å²) in [6.07, 6.45) is 0. The van der Waals surface area contributed by atoms with E-state index < -0.39 is 11.6 Å². The van der Waals surface area contributed by atoms with Crippen LogP contribution in [0.25, 0.3) is 0 Å². The molecule has 0 heterocycles. The van der Waals surface area contributed by atoms with Crippen molar-refractivity contribution >= 4 is 5.78 Å². The van der Waals surface area contributed by atoms with Crippen molar-refractivity contribution in [3.63, 3.8) is 0 Å². The van der Waals surface area contributed by atoms with Crippen molar-refractivity contribution in [1.29, 1.82) is 0 Å². The molecule has 0 aliphatic carbocycles. The topological polar surface area (TPSA) is 40.5 Å². The van der Waals surface area contributed by atoms with Crippen LogP contribution in [0.15, 0.2) is 30.3 Å². The molecule has 0 fully saturated rings. The molecule has 1 N–H and O–H groups in total. The van der Waals surface area contributed by atoms with Gasteiger partial charge < -0.3 is 5.21 Å². The molecule has 0 saturated carbocycles. The first kappa shape index (κ1) is 15.9. The van der Waals surface area contributed by atoms with Crippen LogP contribution in [0.1, 0.15) is 51.9 Å². The van der Waals surface area contributed by atoms with Crippen LogP contribution in [0.3, 0.4) is 0 Å². The Kier molecular flexibility index (Phi) is 4.54. The number of nitrogens with zero attached hydrogens (tertiary/aromatic N) is 1. The highest BCUT2D eigenvalue weighted by Crippen LogP contribution is 2.30. The molecule has 1 aromatic rings. The molecule has 0 aromatic heterocycles. The molecule has 1 aromatic carbocycles. The Morgan fingerprint density at radius 3 is 1.89 bits per heavy atom. The SMILES string of the molecule is CC(C)(C)C(C(=O)c1ccccc1)N(O)C(C)(C)C. The number of carbonyl (C=O) groups is 1. The molecule has 0 amide bonds. The summed E-state index contributed by atoms with van der Waals surface area (Å²) >= 11 is 0. The third-order valence-electron chi connectivity index (χ3n) is 3.06. The zero-order valence-corrected chi connectivity index (χ0v) is 12.8. The number of rotatable bonds is 3. The number of ketones is 1. The minimum atomic E-state index is -0.574. The third kappa shape index (κ3) is 3.88. The van der Waals surface area contributed by atoms with Gasteiger partial charge in [0.15, 0.2) is 5.78 Å². The number of hydrogen-bond donors (Lipinski definition) is 1. The summed E-state index contributed by atoms with van der Waals surface area (Å²) in [5, 5.41) is 11.6. The van der Waals surface area contributed by atoms with Gasteiger partial charge in [-0.1, -0.05) is 51.1 Å². The van der Waals surface area contributed by atoms with Crippen LogP contribution in [0, 0.1) is 5.41 Å². The Hall–Kier alpha value is -1.19. The van der Waals surface area contributed by atoms with Crippen molar-refractivity contribution in [1.82, 2.24) is 5.06 Å². The number of benzene rings is 1. The lowest BCUT2D eigenvalue weighted by atomic mass is 9.80. The lowest BCUT2D eigenvalue weighted by Crippen LogP contribution is -2.55. The van der Waals surface area contributed by atoms with Gasteiger partial charge >= 0.3 is 0 Å². The maximum absolute atomic E-state index is 12.7. The van der Waals surface area contributed by atoms with Crippen LogP contribution in [0.4, 0.5) is 0 Å². The van der Waals surface area contributed by atoms with E-state index in [1.165, 1.54) is 5.06 Å². The maximum Gasteiger partial charge on any atom is 0.182 e. The molecule has 19 heavy (non-hydrogen) atoms. The summed E-state index contributed by atoms with van der Waals surface area (Å²) in [6.45, 7) is 11.6. The molecular formula is C16H25NO2. The highest BCUT2D eigenvalue weighted by molar-refractivity contribution is 6.00. The van der Waals surface area contributed by atoms with Gasteiger partial charge in [-0.2, -0.15) is 5.06 Å². The van der Waals surface area contributed by atoms with E-state index in [9.17, 15) is 10.0 Å². The number of Topliss-reactive ketones (excluding diaryl/α,β-unsaturated/α-hetero) is 1. The van der Waals surface area contributed by atoms with Gasteiger partial charge in [0.25, 0.3) is 0 Å². The Balaban J connectivity index is 3.17. The molecule has 1 unspecified atom stereocenters. The van der Waals surface area contributed by atoms with Crippen LogP contribution in [0.2, 0.25) is 0 Å². The molecule has 0 bridgehead atoms. The van der Waals surface area contributed by atoms with E-state index in [4.69, 9.17) is 0 Å². The second kappa shape index (κ2) is 5.43. The fourth-order valence-corrected chi connectivity index (χ4v) is 2.02. The van der Waals surface area contributed by atoms with Crippen molar-refractivity contribution in [3.8, 4) is 0 Å². The van der Waals surface area contributed by atoms with Crippen LogP contribution in [0.5, 0.6) is 0 Å². The minimum absolute atomic E-state index is 0.0504. The Morgan fingerprint density at radius 1 is 1.05 bits per heavy atom. The van der Waals surface area contributed by atoms with Gasteiger partial charge in [-0.05, 0) is 26.2 Å². The van der Waals surface area contributed by atoms with Gasteiger partial charge in [-0.15, -0.1) is 0 Å². The molecule has 0 aliphatic rings. The lowest BCUT2D eigenvalue weighted by Gasteiger charge is -2.42. The summed E-state index contributed by atoms with van der Waals surface area (Å²) in [4.78, 5) is 12.7. The van der Waals surface area contributed by atoms with E-state index in [2.05, 4.69) is 0 Å². The maximum atomic E-state index is 12.7. The van der Waals surface area contributed by atoms with Gasteiger partial charge in [-0.25, -0.2) is 0 Å². The van der Waals surface area contributed by atoms with Gasteiger partial charge in [0, 0.05) is 11.1 Å². The molecule has 0 aliphatic heterocycles. The molecule has 0 radical (unpaired) electrons. The van der Waals surface area contributed by atoms with E-state index >= 15 is 0 Å². The van der Waals surface area contributed by atoms with E-state index in [1.807, 2.05) is 59.7 Å². The van der Waals surface area contributed by atoms with E-state index in [0.717, 1.165) is 0 Å². The zero-order valence-electron chi connectivity index (χ0n) is 12.8. The summed E-state index contributed by atoms with van der Waals surface area (Å²) in [5.41, 5.74) is -0.206. The van der Waals surface area contributed by atoms with Gasteiger partial charge in [0.1, 0.15) is 6.04 Å². The quantitative estimate of drug-likeness (QED) is 0.666. The summed E-state index contributed by atoms with van der Waals surface area (Å²) in [5.74, 6) is -0.0504. The van der Waals surface area contributed by atoms with Crippen molar-refractivity contribution in [2.24, 2.45) is 5.41 Å². The molecule has 106 valence electrons. The number of hydrogen-bond acceptors (Lipinski definition) is 3. The van der Waals surface area contributed by atoms with Crippen LogP contribution in [-0.4, -0.2) is 27.6 Å². The zero-order chi connectivity index (χ0) is 14.8. The summed E-state index contributed by atoms with van der Waals surface area (Å²) < 4.78 is 0. The van der Waals surface area contributed by atoms with Crippen LogP contribution in [-0.2, 0) is 0 Å². The van der Waals surface area contributed by atoms with Crippen LogP contribution < -0.4 is 0 Å². The Morgan fingerprint density at radius 2 is 1.53 bits per heavy atom. The molecular weight excluding hydrogens is 238 g/mol. The van der Waals surface area contributed by atoms with Crippen molar-refractivity contribution in [2.75, 3.05) is 0 Å². The van der Waals surface area contributed by atoms with Gasteiger partial charge in [0.05, 0.1) is 0 Å². The first-order valence-corrected chi connectivity index (χ1v) is 6.62. The van der Waals surface area contributed by atoms with Crippen molar-refractivity contribution in [2.45, 2.75) is 53.1 Å². The molecule has 1 atom stereocenters. The predicted octanol–water partition coefficient (Wildman–Crippen LogP) is 3.77. The Bertz CT molecular complexity index is 426. The summed E-state index contributed by atoms with van der Waals surface area (Å²) in [6, 6.07) is 8.56. The standard InChI is InChI=1S/C16H25NO2/c1-15(2,3)14(17(19)16(4,5)6)13(18)12-10-8-7-9-11-12/h7-11,14,19H,1-6H3. The Labute approximate surface area is 116 Å². The highest BCUT2D eigenvalue weighted by atomic mass is 16.5. The highest BCUT2D eigenvalue weighted by Gasteiger charge is 2.40. The normalized spacial score (nSPS) is 14.5. The largest absolute Gasteiger partial charge is 0.313 e. The number of carbonyl (C=O) groups excluding carboxylic acids is 1. The number of hydroxylamine groups is 2. The fraction of sp³-hybridized carbons (Fsp3) is 0.562.